The molecule has 0 heterocycles. The van der Waals surface area contributed by atoms with E-state index in [1.165, 1.54) is 0 Å². The smallest absolute Gasteiger partial charge is 0.207 e. The van der Waals surface area contributed by atoms with Crippen molar-refractivity contribution in [3.05, 3.63) is 64.7 Å². The van der Waals surface area contributed by atoms with E-state index < -0.39 is 21.8 Å². The molecule has 8 heteroatoms. The third-order valence-electron chi connectivity index (χ3n) is 2.90. The average molecular weight is 350 g/mol. The first-order chi connectivity index (χ1) is 10.2. The van der Waals surface area contributed by atoms with Crippen molar-refractivity contribution in [2.75, 3.05) is 0 Å². The van der Waals surface area contributed by atoms with Gasteiger partial charge in [-0.1, -0.05) is 29.8 Å². The average Bonchev–Trinajstić information content (AvgIpc) is 2.46. The van der Waals surface area contributed by atoms with Crippen LogP contribution in [0.2, 0.25) is 5.02 Å². The van der Waals surface area contributed by atoms with Gasteiger partial charge in [-0.2, -0.15) is 13.2 Å². The maximum atomic E-state index is 12.5. The van der Waals surface area contributed by atoms with Crippen molar-refractivity contribution in [1.29, 1.82) is 0 Å². The summed E-state index contributed by atoms with van der Waals surface area (Å²) >= 11 is 5.91. The van der Waals surface area contributed by atoms with Crippen LogP contribution in [-0.4, -0.2) is 8.42 Å². The zero-order valence-electron chi connectivity index (χ0n) is 11.1. The molecule has 0 radical (unpaired) electrons. The van der Waals surface area contributed by atoms with Gasteiger partial charge in [0.1, 0.15) is 0 Å². The highest BCUT2D eigenvalue weighted by molar-refractivity contribution is 7.89. The molecular weight excluding hydrogens is 339 g/mol. The lowest BCUT2D eigenvalue weighted by molar-refractivity contribution is -0.137. The predicted molar refractivity (Wildman–Crippen MR) is 76.9 cm³/mol. The van der Waals surface area contributed by atoms with Crippen LogP contribution in [0.25, 0.3) is 0 Å². The second kappa shape index (κ2) is 6.28. The van der Waals surface area contributed by atoms with Gasteiger partial charge in [-0.25, -0.2) is 13.1 Å². The highest BCUT2D eigenvalue weighted by Gasteiger charge is 2.30. The monoisotopic (exact) mass is 349 g/mol. The fourth-order valence-electron chi connectivity index (χ4n) is 1.72. The molecule has 22 heavy (non-hydrogen) atoms. The van der Waals surface area contributed by atoms with Crippen LogP contribution in [0.5, 0.6) is 0 Å². The van der Waals surface area contributed by atoms with Gasteiger partial charge in [-0.3, -0.25) is 0 Å². The number of rotatable bonds is 4. The number of nitrogens with one attached hydrogen (secondary N) is 1. The number of hydrogen-bond donors (Lipinski definition) is 1. The second-order valence-electron chi connectivity index (χ2n) is 4.44. The van der Waals surface area contributed by atoms with Crippen molar-refractivity contribution in [1.82, 2.24) is 4.72 Å². The van der Waals surface area contributed by atoms with Gasteiger partial charge in [-0.05, 0) is 35.9 Å². The fraction of sp³-hybridized carbons (Fsp3) is 0.143. The Balaban J connectivity index is 2.15. The number of sulfonamides is 1. The van der Waals surface area contributed by atoms with E-state index in [0.29, 0.717) is 10.6 Å². The van der Waals surface area contributed by atoms with Gasteiger partial charge in [0.15, 0.2) is 0 Å². The molecule has 2 aromatic carbocycles. The molecule has 0 fully saturated rings. The molecule has 118 valence electrons. The summed E-state index contributed by atoms with van der Waals surface area (Å²) in [5.74, 6) is 0. The standard InChI is InChI=1S/C14H11ClF3NO2S/c15-13-4-2-1-3-10(13)9-19-22(20,21)12-7-5-11(6-8-12)14(16,17)18/h1-8,19H,9H2. The van der Waals surface area contributed by atoms with Crippen LogP contribution in [0, 0.1) is 0 Å². The van der Waals surface area contributed by atoms with E-state index >= 15 is 0 Å². The van der Waals surface area contributed by atoms with E-state index in [1.54, 1.807) is 24.3 Å². The van der Waals surface area contributed by atoms with Crippen molar-refractivity contribution in [3.63, 3.8) is 0 Å². The number of alkyl halides is 3. The number of halogens is 4. The second-order valence-corrected chi connectivity index (χ2v) is 6.61. The van der Waals surface area contributed by atoms with Gasteiger partial charge in [-0.15, -0.1) is 0 Å². The fourth-order valence-corrected chi connectivity index (χ4v) is 2.93. The third kappa shape index (κ3) is 4.00. The Morgan fingerprint density at radius 1 is 1.00 bits per heavy atom. The van der Waals surface area contributed by atoms with Gasteiger partial charge >= 0.3 is 6.18 Å². The lowest BCUT2D eigenvalue weighted by Gasteiger charge is -2.10. The van der Waals surface area contributed by atoms with Gasteiger partial charge in [0.25, 0.3) is 0 Å². The normalized spacial score (nSPS) is 12.4. The summed E-state index contributed by atoms with van der Waals surface area (Å²) in [6.07, 6.45) is -4.51. The Hall–Kier alpha value is -1.57. The van der Waals surface area contributed by atoms with Crippen molar-refractivity contribution < 1.29 is 21.6 Å². The molecule has 0 atom stereocenters. The van der Waals surface area contributed by atoms with Crippen LogP contribution in [-0.2, 0) is 22.7 Å². The molecule has 0 amide bonds. The molecule has 2 aromatic rings. The van der Waals surface area contributed by atoms with Crippen molar-refractivity contribution in [3.8, 4) is 0 Å². The van der Waals surface area contributed by atoms with Gasteiger partial charge in [0, 0.05) is 11.6 Å². The molecule has 0 aliphatic heterocycles. The number of hydrogen-bond acceptors (Lipinski definition) is 2. The van der Waals surface area contributed by atoms with Crippen LogP contribution in [0.1, 0.15) is 11.1 Å². The van der Waals surface area contributed by atoms with Crippen LogP contribution in [0.15, 0.2) is 53.4 Å². The van der Waals surface area contributed by atoms with E-state index in [0.717, 1.165) is 24.3 Å². The molecule has 3 nitrogen and oxygen atoms in total. The molecule has 0 unspecified atom stereocenters. The Morgan fingerprint density at radius 2 is 1.59 bits per heavy atom. The lowest BCUT2D eigenvalue weighted by atomic mass is 10.2. The maximum Gasteiger partial charge on any atom is 0.416 e. The van der Waals surface area contributed by atoms with Gasteiger partial charge < -0.3 is 0 Å². The Morgan fingerprint density at radius 3 is 2.14 bits per heavy atom. The molecule has 2 rings (SSSR count). The van der Waals surface area contributed by atoms with E-state index in [2.05, 4.69) is 4.72 Å². The minimum atomic E-state index is -4.51. The van der Waals surface area contributed by atoms with E-state index in [-0.39, 0.29) is 11.4 Å². The molecule has 1 N–H and O–H groups in total. The third-order valence-corrected chi connectivity index (χ3v) is 4.69. The largest absolute Gasteiger partial charge is 0.416 e. The Bertz CT molecular complexity index is 758. The molecule has 0 bridgehead atoms. The predicted octanol–water partition coefficient (Wildman–Crippen LogP) is 3.84. The summed E-state index contributed by atoms with van der Waals surface area (Å²) in [7, 11) is -3.91. The quantitative estimate of drug-likeness (QED) is 0.911. The molecule has 0 saturated heterocycles. The summed E-state index contributed by atoms with van der Waals surface area (Å²) < 4.78 is 63.7. The summed E-state index contributed by atoms with van der Waals surface area (Å²) in [5, 5.41) is 0.401. The molecule has 0 saturated carbocycles. The maximum absolute atomic E-state index is 12.5. The lowest BCUT2D eigenvalue weighted by Crippen LogP contribution is -2.23. The zero-order chi connectivity index (χ0) is 16.4. The summed E-state index contributed by atoms with van der Waals surface area (Å²) in [6.45, 7) is -0.0526. The SMILES string of the molecule is O=S(=O)(NCc1ccccc1Cl)c1ccc(C(F)(F)F)cc1. The van der Waals surface area contributed by atoms with Crippen molar-refractivity contribution in [2.45, 2.75) is 17.6 Å². The van der Waals surface area contributed by atoms with Gasteiger partial charge in [0.2, 0.25) is 10.0 Å². The van der Waals surface area contributed by atoms with Crippen LogP contribution >= 0.6 is 11.6 Å². The van der Waals surface area contributed by atoms with Crippen LogP contribution in [0.3, 0.4) is 0 Å². The van der Waals surface area contributed by atoms with Crippen molar-refractivity contribution in [2.24, 2.45) is 0 Å². The summed E-state index contributed by atoms with van der Waals surface area (Å²) in [6, 6.07) is 9.95. The van der Waals surface area contributed by atoms with E-state index in [9.17, 15) is 21.6 Å². The first-order valence-corrected chi connectivity index (χ1v) is 7.96. The topological polar surface area (TPSA) is 46.2 Å². The first-order valence-electron chi connectivity index (χ1n) is 6.10. The highest BCUT2D eigenvalue weighted by atomic mass is 35.5. The first kappa shape index (κ1) is 16.8. The van der Waals surface area contributed by atoms with E-state index in [1.807, 2.05) is 0 Å². The molecule has 0 aliphatic carbocycles. The minimum absolute atomic E-state index is 0.0526. The van der Waals surface area contributed by atoms with Crippen molar-refractivity contribution >= 4 is 21.6 Å². The summed E-state index contributed by atoms with van der Waals surface area (Å²) in [4.78, 5) is -0.243. The highest BCUT2D eigenvalue weighted by Crippen LogP contribution is 2.29. The molecule has 0 aliphatic rings. The molecule has 0 spiro atoms. The molecule has 0 aromatic heterocycles. The Labute approximate surface area is 130 Å². The molecular formula is C14H11ClF3NO2S. The van der Waals surface area contributed by atoms with Crippen LogP contribution < -0.4 is 4.72 Å². The number of benzene rings is 2. The van der Waals surface area contributed by atoms with E-state index in [4.69, 9.17) is 11.6 Å². The Kier molecular flexibility index (Phi) is 4.79. The van der Waals surface area contributed by atoms with Gasteiger partial charge in [0.05, 0.1) is 10.5 Å². The minimum Gasteiger partial charge on any atom is -0.207 e. The summed E-state index contributed by atoms with van der Waals surface area (Å²) in [5.41, 5.74) is -0.336. The van der Waals surface area contributed by atoms with Crippen LogP contribution in [0.4, 0.5) is 13.2 Å². The zero-order valence-corrected chi connectivity index (χ0v) is 12.6.